The fourth-order valence-corrected chi connectivity index (χ4v) is 4.18. The van der Waals surface area contributed by atoms with Crippen molar-refractivity contribution in [2.75, 3.05) is 6.61 Å². The van der Waals surface area contributed by atoms with Crippen molar-refractivity contribution in [1.29, 1.82) is 0 Å². The molecule has 1 aliphatic rings. The number of hydrogen-bond acceptors (Lipinski definition) is 9. The molecular formula is C16H17N7O4S. The monoisotopic (exact) mass is 403 g/mol. The average molecular weight is 403 g/mol. The molecule has 1 aliphatic heterocycles. The molecule has 12 heteroatoms. The molecule has 5 atom stereocenters. The SMILES string of the molecule is Cc1nc2ccc(-n3ncnc3C3OC(CO)C(O)C(N=[N+]=[N-])C3O)cc2s1. The number of aromatic nitrogens is 4. The van der Waals surface area contributed by atoms with Crippen LogP contribution in [0.15, 0.2) is 29.6 Å². The molecule has 3 aromatic rings. The molecule has 0 saturated carbocycles. The van der Waals surface area contributed by atoms with Gasteiger partial charge in [0.05, 0.1) is 45.8 Å². The highest BCUT2D eigenvalue weighted by atomic mass is 32.1. The molecule has 2 aromatic heterocycles. The van der Waals surface area contributed by atoms with Crippen molar-refractivity contribution in [1.82, 2.24) is 19.7 Å². The van der Waals surface area contributed by atoms with Gasteiger partial charge in [-0.3, -0.25) is 0 Å². The van der Waals surface area contributed by atoms with E-state index in [1.165, 1.54) is 11.0 Å². The van der Waals surface area contributed by atoms with Gasteiger partial charge in [0.2, 0.25) is 0 Å². The molecule has 0 spiro atoms. The van der Waals surface area contributed by atoms with Gasteiger partial charge in [-0.05, 0) is 30.7 Å². The van der Waals surface area contributed by atoms with E-state index in [1.807, 2.05) is 25.1 Å². The van der Waals surface area contributed by atoms with E-state index in [0.717, 1.165) is 15.2 Å². The molecule has 1 fully saturated rings. The van der Waals surface area contributed by atoms with Gasteiger partial charge in [0.1, 0.15) is 18.5 Å². The van der Waals surface area contributed by atoms with Crippen molar-refractivity contribution in [2.24, 2.45) is 5.11 Å². The number of hydrogen-bond donors (Lipinski definition) is 3. The molecule has 4 rings (SSSR count). The first-order valence-electron chi connectivity index (χ1n) is 8.47. The van der Waals surface area contributed by atoms with E-state index in [0.29, 0.717) is 5.69 Å². The quantitative estimate of drug-likeness (QED) is 0.332. The Balaban J connectivity index is 1.75. The molecular weight excluding hydrogens is 386 g/mol. The van der Waals surface area contributed by atoms with Gasteiger partial charge in [-0.2, -0.15) is 5.10 Å². The minimum absolute atomic E-state index is 0.261. The number of benzene rings is 1. The predicted octanol–water partition coefficient (Wildman–Crippen LogP) is 1.02. The third kappa shape index (κ3) is 3.11. The van der Waals surface area contributed by atoms with Crippen molar-refractivity contribution in [2.45, 2.75) is 37.4 Å². The molecule has 1 aromatic carbocycles. The minimum atomic E-state index is -1.37. The summed E-state index contributed by atoms with van der Waals surface area (Å²) in [7, 11) is 0. The summed E-state index contributed by atoms with van der Waals surface area (Å²) in [6.07, 6.45) is -3.50. The summed E-state index contributed by atoms with van der Waals surface area (Å²) < 4.78 is 8.14. The van der Waals surface area contributed by atoms with Gasteiger partial charge in [0.25, 0.3) is 0 Å². The Morgan fingerprint density at radius 2 is 2.18 bits per heavy atom. The standard InChI is InChI=1S/C16H17N7O4S/c1-7-20-9-3-2-8(4-11(9)28-7)23-16(18-6-19-23)15-14(26)12(21-22-17)13(25)10(5-24)27-15/h2-4,6,10,12-15,24-26H,5H2,1H3. The van der Waals surface area contributed by atoms with Crippen LogP contribution in [0.25, 0.3) is 26.3 Å². The van der Waals surface area contributed by atoms with Gasteiger partial charge in [0, 0.05) is 4.91 Å². The van der Waals surface area contributed by atoms with Crippen LogP contribution < -0.4 is 0 Å². The number of fused-ring (bicyclic) bond motifs is 1. The Bertz CT molecular complexity index is 1050. The van der Waals surface area contributed by atoms with Gasteiger partial charge in [0.15, 0.2) is 5.82 Å². The van der Waals surface area contributed by atoms with E-state index in [2.05, 4.69) is 25.1 Å². The van der Waals surface area contributed by atoms with Gasteiger partial charge < -0.3 is 20.1 Å². The van der Waals surface area contributed by atoms with Crippen LogP contribution >= 0.6 is 11.3 Å². The normalized spacial score (nSPS) is 27.6. The molecule has 0 radical (unpaired) electrons. The van der Waals surface area contributed by atoms with Crippen molar-refractivity contribution < 1.29 is 20.1 Å². The molecule has 146 valence electrons. The Hall–Kier alpha value is -2.60. The van der Waals surface area contributed by atoms with Gasteiger partial charge in [-0.25, -0.2) is 14.6 Å². The number of ether oxygens (including phenoxy) is 1. The third-order valence-electron chi connectivity index (χ3n) is 4.63. The number of thiazole rings is 1. The Morgan fingerprint density at radius 3 is 2.93 bits per heavy atom. The zero-order valence-electron chi connectivity index (χ0n) is 14.7. The molecule has 0 aliphatic carbocycles. The fourth-order valence-electron chi connectivity index (χ4n) is 3.31. The van der Waals surface area contributed by atoms with E-state index in [-0.39, 0.29) is 5.82 Å². The molecule has 1 saturated heterocycles. The molecule has 5 unspecified atom stereocenters. The largest absolute Gasteiger partial charge is 0.394 e. The van der Waals surface area contributed by atoms with Crippen molar-refractivity contribution >= 4 is 21.6 Å². The molecule has 28 heavy (non-hydrogen) atoms. The van der Waals surface area contributed by atoms with Gasteiger partial charge in [-0.15, -0.1) is 11.3 Å². The second kappa shape index (κ2) is 7.43. The zero-order valence-corrected chi connectivity index (χ0v) is 15.5. The lowest BCUT2D eigenvalue weighted by Gasteiger charge is -2.40. The number of azide groups is 1. The van der Waals surface area contributed by atoms with E-state index in [1.54, 1.807) is 11.3 Å². The zero-order chi connectivity index (χ0) is 19.8. The van der Waals surface area contributed by atoms with E-state index < -0.39 is 37.1 Å². The van der Waals surface area contributed by atoms with Crippen LogP contribution in [0.3, 0.4) is 0 Å². The topological polar surface area (TPSA) is 162 Å². The minimum Gasteiger partial charge on any atom is -0.394 e. The second-order valence-electron chi connectivity index (χ2n) is 6.37. The first-order chi connectivity index (χ1) is 13.5. The molecule has 11 nitrogen and oxygen atoms in total. The summed E-state index contributed by atoms with van der Waals surface area (Å²) in [5.41, 5.74) is 10.3. The average Bonchev–Trinajstić information content (AvgIpc) is 3.30. The number of aliphatic hydroxyl groups is 3. The number of aryl methyl sites for hydroxylation is 1. The fraction of sp³-hybridized carbons (Fsp3) is 0.438. The summed E-state index contributed by atoms with van der Waals surface area (Å²) >= 11 is 1.54. The van der Waals surface area contributed by atoms with E-state index in [4.69, 9.17) is 10.3 Å². The van der Waals surface area contributed by atoms with Crippen molar-refractivity contribution in [3.8, 4) is 5.69 Å². The van der Waals surface area contributed by atoms with Crippen molar-refractivity contribution in [3.05, 3.63) is 45.8 Å². The van der Waals surface area contributed by atoms with Crippen LogP contribution in [0.1, 0.15) is 16.9 Å². The van der Waals surface area contributed by atoms with Crippen LogP contribution in [-0.4, -0.2) is 66.0 Å². The molecule has 0 bridgehead atoms. The van der Waals surface area contributed by atoms with Crippen LogP contribution in [0.4, 0.5) is 0 Å². The lowest BCUT2D eigenvalue weighted by molar-refractivity contribution is -0.193. The van der Waals surface area contributed by atoms with E-state index >= 15 is 0 Å². The number of aliphatic hydroxyl groups excluding tert-OH is 3. The maximum atomic E-state index is 10.6. The Morgan fingerprint density at radius 1 is 1.36 bits per heavy atom. The third-order valence-corrected chi connectivity index (χ3v) is 5.56. The van der Waals surface area contributed by atoms with E-state index in [9.17, 15) is 15.3 Å². The molecule has 3 N–H and O–H groups in total. The second-order valence-corrected chi connectivity index (χ2v) is 7.60. The summed E-state index contributed by atoms with van der Waals surface area (Å²) in [6.45, 7) is 1.41. The number of nitrogens with zero attached hydrogens (tertiary/aromatic N) is 7. The van der Waals surface area contributed by atoms with Crippen LogP contribution in [0, 0.1) is 6.92 Å². The lowest BCUT2D eigenvalue weighted by atomic mass is 9.93. The Labute approximate surface area is 162 Å². The van der Waals surface area contributed by atoms with Gasteiger partial charge >= 0.3 is 0 Å². The van der Waals surface area contributed by atoms with Crippen LogP contribution in [-0.2, 0) is 4.74 Å². The first kappa shape index (κ1) is 18.7. The predicted molar refractivity (Wildman–Crippen MR) is 98.9 cm³/mol. The van der Waals surface area contributed by atoms with Crippen LogP contribution in [0.5, 0.6) is 0 Å². The smallest absolute Gasteiger partial charge is 0.163 e. The molecule has 0 amide bonds. The summed E-state index contributed by atoms with van der Waals surface area (Å²) in [6, 6.07) is 4.38. The van der Waals surface area contributed by atoms with Crippen LogP contribution in [0.2, 0.25) is 0 Å². The highest BCUT2D eigenvalue weighted by Crippen LogP contribution is 2.34. The maximum absolute atomic E-state index is 10.6. The first-order valence-corrected chi connectivity index (χ1v) is 9.29. The Kier molecular flexibility index (Phi) is 4.98. The summed E-state index contributed by atoms with van der Waals surface area (Å²) in [5, 5.41) is 39.0. The lowest BCUT2D eigenvalue weighted by Crippen LogP contribution is -2.54. The highest BCUT2D eigenvalue weighted by molar-refractivity contribution is 7.18. The highest BCUT2D eigenvalue weighted by Gasteiger charge is 2.46. The summed E-state index contributed by atoms with van der Waals surface area (Å²) in [5.74, 6) is 0.261. The van der Waals surface area contributed by atoms with Crippen molar-refractivity contribution in [3.63, 3.8) is 0 Å². The maximum Gasteiger partial charge on any atom is 0.163 e. The van der Waals surface area contributed by atoms with Gasteiger partial charge in [-0.1, -0.05) is 5.11 Å². The summed E-state index contributed by atoms with van der Waals surface area (Å²) in [4.78, 5) is 11.3. The number of rotatable bonds is 4. The molecule has 3 heterocycles.